The van der Waals surface area contributed by atoms with Crippen LogP contribution in [0.1, 0.15) is 11.4 Å². The first kappa shape index (κ1) is 14.8. The summed E-state index contributed by atoms with van der Waals surface area (Å²) in [5, 5.41) is 0. The lowest BCUT2D eigenvalue weighted by Gasteiger charge is -2.28. The van der Waals surface area contributed by atoms with Gasteiger partial charge in [0.15, 0.2) is 6.61 Å². The lowest BCUT2D eigenvalue weighted by Crippen LogP contribution is -2.40. The molecule has 0 saturated carbocycles. The van der Waals surface area contributed by atoms with Crippen molar-refractivity contribution in [2.75, 3.05) is 13.2 Å². The van der Waals surface area contributed by atoms with Crippen LogP contribution in [0.5, 0.6) is 5.75 Å². The van der Waals surface area contributed by atoms with Crippen molar-refractivity contribution >= 4 is 16.9 Å². The van der Waals surface area contributed by atoms with Crippen molar-refractivity contribution in [3.05, 3.63) is 59.9 Å². The van der Waals surface area contributed by atoms with Crippen LogP contribution in [0, 0.1) is 6.92 Å². The van der Waals surface area contributed by atoms with Crippen LogP contribution in [0.25, 0.3) is 11.0 Å². The number of aryl methyl sites for hydroxylation is 1. The first-order valence-electron chi connectivity index (χ1n) is 8.12. The van der Waals surface area contributed by atoms with Crippen LogP contribution < -0.4 is 4.74 Å². The lowest BCUT2D eigenvalue weighted by molar-refractivity contribution is -0.134. The maximum atomic E-state index is 12.4. The average molecular weight is 321 g/mol. The third kappa shape index (κ3) is 2.73. The topological polar surface area (TPSA) is 47.4 Å². The molecule has 0 spiro atoms. The Hall–Kier alpha value is -2.82. The number of amides is 1. The second-order valence-electron chi connectivity index (χ2n) is 6.09. The highest BCUT2D eigenvalue weighted by Crippen LogP contribution is 2.21. The fourth-order valence-electron chi connectivity index (χ4n) is 3.05. The molecule has 2 heterocycles. The Labute approximate surface area is 140 Å². The van der Waals surface area contributed by atoms with Crippen molar-refractivity contribution in [3.63, 3.8) is 0 Å². The zero-order valence-corrected chi connectivity index (χ0v) is 13.6. The van der Waals surface area contributed by atoms with Crippen molar-refractivity contribution in [1.29, 1.82) is 0 Å². The minimum atomic E-state index is -0.00567. The first-order valence-corrected chi connectivity index (χ1v) is 8.12. The van der Waals surface area contributed by atoms with E-state index in [0.717, 1.165) is 29.2 Å². The zero-order valence-electron chi connectivity index (χ0n) is 13.6. The van der Waals surface area contributed by atoms with Crippen LogP contribution in [-0.4, -0.2) is 33.5 Å². The smallest absolute Gasteiger partial charge is 0.260 e. The maximum absolute atomic E-state index is 12.4. The molecule has 2 aromatic carbocycles. The van der Waals surface area contributed by atoms with E-state index >= 15 is 0 Å². The number of ether oxygens (including phenoxy) is 1. The molecule has 0 bridgehead atoms. The number of rotatable bonds is 3. The number of hydrogen-bond donors (Lipinski definition) is 0. The molecule has 1 aliphatic heterocycles. The van der Waals surface area contributed by atoms with Gasteiger partial charge < -0.3 is 14.2 Å². The monoisotopic (exact) mass is 321 g/mol. The Balaban J connectivity index is 1.44. The van der Waals surface area contributed by atoms with Gasteiger partial charge in [-0.1, -0.05) is 29.8 Å². The zero-order chi connectivity index (χ0) is 16.5. The Morgan fingerprint density at radius 2 is 1.92 bits per heavy atom. The van der Waals surface area contributed by atoms with Gasteiger partial charge in [-0.15, -0.1) is 0 Å². The SMILES string of the molecule is Cc1ccc(OCC(=O)N2CCn3c(nc4ccccc43)C2)cc1. The van der Waals surface area contributed by atoms with E-state index in [1.54, 1.807) is 0 Å². The van der Waals surface area contributed by atoms with E-state index in [2.05, 4.69) is 15.6 Å². The van der Waals surface area contributed by atoms with Crippen LogP contribution in [-0.2, 0) is 17.9 Å². The van der Waals surface area contributed by atoms with Crippen molar-refractivity contribution in [3.8, 4) is 5.75 Å². The molecular formula is C19H19N3O2. The predicted octanol–water partition coefficient (Wildman–Crippen LogP) is 2.77. The summed E-state index contributed by atoms with van der Waals surface area (Å²) in [7, 11) is 0. The molecule has 0 aliphatic carbocycles. The quantitative estimate of drug-likeness (QED) is 0.745. The summed E-state index contributed by atoms with van der Waals surface area (Å²) in [4.78, 5) is 18.9. The van der Waals surface area contributed by atoms with Crippen LogP contribution in [0.3, 0.4) is 0 Å². The number of aromatic nitrogens is 2. The van der Waals surface area contributed by atoms with Gasteiger partial charge in [0, 0.05) is 13.1 Å². The molecule has 0 unspecified atom stereocenters. The highest BCUT2D eigenvalue weighted by Gasteiger charge is 2.23. The van der Waals surface area contributed by atoms with Crippen molar-refractivity contribution < 1.29 is 9.53 Å². The number of nitrogens with zero attached hydrogens (tertiary/aromatic N) is 3. The van der Waals surface area contributed by atoms with Gasteiger partial charge in [-0.25, -0.2) is 4.98 Å². The molecule has 0 radical (unpaired) electrons. The van der Waals surface area contributed by atoms with Crippen LogP contribution in [0.15, 0.2) is 48.5 Å². The molecule has 1 amide bonds. The average Bonchev–Trinajstić information content (AvgIpc) is 2.98. The summed E-state index contributed by atoms with van der Waals surface area (Å²) < 4.78 is 7.80. The Morgan fingerprint density at radius 1 is 1.12 bits per heavy atom. The van der Waals surface area contributed by atoms with E-state index in [0.29, 0.717) is 13.1 Å². The maximum Gasteiger partial charge on any atom is 0.260 e. The summed E-state index contributed by atoms with van der Waals surface area (Å²) in [6.45, 7) is 4.07. The molecular weight excluding hydrogens is 302 g/mol. The van der Waals surface area contributed by atoms with Gasteiger partial charge in [0.25, 0.3) is 5.91 Å². The molecule has 0 N–H and O–H groups in total. The number of imidazole rings is 1. The molecule has 3 aromatic rings. The molecule has 122 valence electrons. The van der Waals surface area contributed by atoms with Gasteiger partial charge in [-0.3, -0.25) is 4.79 Å². The van der Waals surface area contributed by atoms with Gasteiger partial charge in [0.1, 0.15) is 11.6 Å². The van der Waals surface area contributed by atoms with Crippen molar-refractivity contribution in [2.24, 2.45) is 0 Å². The third-order valence-electron chi connectivity index (χ3n) is 4.40. The third-order valence-corrected chi connectivity index (χ3v) is 4.40. The summed E-state index contributed by atoms with van der Waals surface area (Å²) in [6.07, 6.45) is 0. The number of hydrogen-bond acceptors (Lipinski definition) is 3. The lowest BCUT2D eigenvalue weighted by atomic mass is 10.2. The number of fused-ring (bicyclic) bond motifs is 3. The second-order valence-corrected chi connectivity index (χ2v) is 6.09. The molecule has 0 saturated heterocycles. The molecule has 5 heteroatoms. The van der Waals surface area contributed by atoms with E-state index < -0.39 is 0 Å². The largest absolute Gasteiger partial charge is 0.484 e. The van der Waals surface area contributed by atoms with Gasteiger partial charge >= 0.3 is 0 Å². The predicted molar refractivity (Wildman–Crippen MR) is 91.8 cm³/mol. The number of benzene rings is 2. The van der Waals surface area contributed by atoms with Gasteiger partial charge in [0.05, 0.1) is 17.6 Å². The number of carbonyl (C=O) groups is 1. The molecule has 1 aliphatic rings. The molecule has 5 nitrogen and oxygen atoms in total. The summed E-state index contributed by atoms with van der Waals surface area (Å²) >= 11 is 0. The molecule has 1 aromatic heterocycles. The van der Waals surface area contributed by atoms with Crippen LogP contribution in [0.2, 0.25) is 0 Å². The van der Waals surface area contributed by atoms with E-state index in [9.17, 15) is 4.79 Å². The van der Waals surface area contributed by atoms with Gasteiger partial charge in [-0.05, 0) is 31.2 Å². The van der Waals surface area contributed by atoms with Gasteiger partial charge in [-0.2, -0.15) is 0 Å². The highest BCUT2D eigenvalue weighted by molar-refractivity contribution is 5.79. The normalized spacial score (nSPS) is 13.8. The Morgan fingerprint density at radius 3 is 2.75 bits per heavy atom. The summed E-state index contributed by atoms with van der Waals surface area (Å²) in [5.41, 5.74) is 3.29. The summed E-state index contributed by atoms with van der Waals surface area (Å²) in [6, 6.07) is 15.8. The van der Waals surface area contributed by atoms with E-state index in [1.165, 1.54) is 5.56 Å². The number of para-hydroxylation sites is 2. The Kier molecular flexibility index (Phi) is 3.69. The molecule has 0 fully saturated rings. The number of carbonyl (C=O) groups excluding carboxylic acids is 1. The highest BCUT2D eigenvalue weighted by atomic mass is 16.5. The summed E-state index contributed by atoms with van der Waals surface area (Å²) in [5.74, 6) is 1.65. The van der Waals surface area contributed by atoms with E-state index in [-0.39, 0.29) is 12.5 Å². The fourth-order valence-corrected chi connectivity index (χ4v) is 3.05. The molecule has 4 rings (SSSR count). The molecule has 0 atom stereocenters. The minimum Gasteiger partial charge on any atom is -0.484 e. The van der Waals surface area contributed by atoms with Crippen LogP contribution in [0.4, 0.5) is 0 Å². The van der Waals surface area contributed by atoms with Crippen molar-refractivity contribution in [2.45, 2.75) is 20.0 Å². The van der Waals surface area contributed by atoms with Crippen molar-refractivity contribution in [1.82, 2.24) is 14.5 Å². The van der Waals surface area contributed by atoms with Gasteiger partial charge in [0.2, 0.25) is 0 Å². The van der Waals surface area contributed by atoms with E-state index in [4.69, 9.17) is 4.74 Å². The minimum absolute atomic E-state index is 0.00567. The first-order chi connectivity index (χ1) is 11.7. The standard InChI is InChI=1S/C19H19N3O2/c1-14-6-8-15(9-7-14)24-13-19(23)21-10-11-22-17-5-3-2-4-16(17)20-18(22)12-21/h2-9H,10-13H2,1H3. The van der Waals surface area contributed by atoms with E-state index in [1.807, 2.05) is 54.3 Å². The fraction of sp³-hybridized carbons (Fsp3) is 0.263. The Bertz CT molecular complexity index is 883. The van der Waals surface area contributed by atoms with Crippen LogP contribution >= 0.6 is 0 Å². The second kappa shape index (κ2) is 6.00. The molecule has 24 heavy (non-hydrogen) atoms.